The zero-order chi connectivity index (χ0) is 26.6. The minimum Gasteiger partial charge on any atom is -0.453 e. The maximum absolute atomic E-state index is 14.0. The molecule has 8 nitrogen and oxygen atoms in total. The Morgan fingerprint density at radius 2 is 1.97 bits per heavy atom. The van der Waals surface area contributed by atoms with Gasteiger partial charge < -0.3 is 29.7 Å². The molecule has 37 heavy (non-hydrogen) atoms. The molecule has 0 unspecified atom stereocenters. The highest BCUT2D eigenvalue weighted by atomic mass is 19.1. The van der Waals surface area contributed by atoms with Gasteiger partial charge in [0, 0.05) is 57.3 Å². The van der Waals surface area contributed by atoms with E-state index in [1.165, 1.54) is 19.2 Å². The van der Waals surface area contributed by atoms with Gasteiger partial charge in [0.15, 0.2) is 0 Å². The number of benzene rings is 1. The Kier molecular flexibility index (Phi) is 12.0. The van der Waals surface area contributed by atoms with E-state index < -0.39 is 23.8 Å². The van der Waals surface area contributed by atoms with Gasteiger partial charge in [-0.3, -0.25) is 4.79 Å². The number of carbonyl (C=O) groups is 2. The van der Waals surface area contributed by atoms with Crippen LogP contribution in [0, 0.1) is 23.5 Å². The van der Waals surface area contributed by atoms with Crippen LogP contribution in [0.3, 0.4) is 0 Å². The fourth-order valence-electron chi connectivity index (χ4n) is 5.37. The van der Waals surface area contributed by atoms with Crippen LogP contribution >= 0.6 is 0 Å². The molecule has 1 aromatic rings. The number of alkyl carbamates (subject to hydrolysis) is 1. The lowest BCUT2D eigenvalue weighted by Crippen LogP contribution is -2.43. The van der Waals surface area contributed by atoms with Crippen molar-refractivity contribution < 1.29 is 32.6 Å². The minimum atomic E-state index is -0.679. The molecule has 208 valence electrons. The quantitative estimate of drug-likeness (QED) is 0.404. The van der Waals surface area contributed by atoms with Crippen molar-refractivity contribution in [2.75, 3.05) is 53.6 Å². The Hall–Kier alpha value is -2.30. The van der Waals surface area contributed by atoms with Crippen LogP contribution in [0.4, 0.5) is 13.6 Å². The summed E-state index contributed by atoms with van der Waals surface area (Å²) >= 11 is 0. The second-order valence-electron chi connectivity index (χ2n) is 10.00. The maximum atomic E-state index is 14.0. The van der Waals surface area contributed by atoms with Crippen molar-refractivity contribution in [2.45, 2.75) is 57.1 Å². The third-order valence-electron chi connectivity index (χ3n) is 7.29. The molecular weight excluding hydrogens is 484 g/mol. The molecule has 2 aliphatic heterocycles. The van der Waals surface area contributed by atoms with Gasteiger partial charge in [-0.1, -0.05) is 0 Å². The summed E-state index contributed by atoms with van der Waals surface area (Å²) in [5, 5.41) is 5.89. The number of hydrogen-bond acceptors (Lipinski definition) is 6. The molecule has 10 heteroatoms. The van der Waals surface area contributed by atoms with Crippen molar-refractivity contribution in [1.29, 1.82) is 0 Å². The number of likely N-dealkylation sites (tertiary alicyclic amines) is 1. The number of halogens is 2. The minimum absolute atomic E-state index is 0.0846. The zero-order valence-corrected chi connectivity index (χ0v) is 22.0. The summed E-state index contributed by atoms with van der Waals surface area (Å²) in [6, 6.07) is 3.63. The molecule has 1 aromatic carbocycles. The molecule has 0 spiro atoms. The summed E-state index contributed by atoms with van der Waals surface area (Å²) in [6.07, 6.45) is 4.78. The SMILES string of the molecule is CN[C@H](CCC(=O)N1CCC[C@@H]([C@@H](OCCNC(=O)OC)c2cc(F)cc(F)c2)C1)C[C@H]1CCCOC1. The van der Waals surface area contributed by atoms with Crippen LogP contribution in [0.25, 0.3) is 0 Å². The number of carbonyl (C=O) groups excluding carboxylic acids is 2. The number of nitrogens with zero attached hydrogens (tertiary/aromatic N) is 1. The molecule has 2 heterocycles. The average molecular weight is 526 g/mol. The average Bonchev–Trinajstić information content (AvgIpc) is 2.90. The van der Waals surface area contributed by atoms with E-state index in [4.69, 9.17) is 9.47 Å². The van der Waals surface area contributed by atoms with E-state index in [-0.39, 0.29) is 31.0 Å². The molecule has 2 saturated heterocycles. The maximum Gasteiger partial charge on any atom is 0.406 e. The van der Waals surface area contributed by atoms with Crippen molar-refractivity contribution in [3.8, 4) is 0 Å². The van der Waals surface area contributed by atoms with Gasteiger partial charge in [-0.25, -0.2) is 13.6 Å². The van der Waals surface area contributed by atoms with Gasteiger partial charge in [0.25, 0.3) is 0 Å². The van der Waals surface area contributed by atoms with Crippen molar-refractivity contribution in [2.24, 2.45) is 11.8 Å². The topological polar surface area (TPSA) is 89.1 Å². The third kappa shape index (κ3) is 9.50. The first-order valence-electron chi connectivity index (χ1n) is 13.3. The van der Waals surface area contributed by atoms with E-state index in [1.807, 2.05) is 11.9 Å². The number of amides is 2. The van der Waals surface area contributed by atoms with Gasteiger partial charge in [-0.05, 0) is 69.2 Å². The Balaban J connectivity index is 1.59. The summed E-state index contributed by atoms with van der Waals surface area (Å²) in [6.45, 7) is 3.06. The van der Waals surface area contributed by atoms with Gasteiger partial charge in [-0.15, -0.1) is 0 Å². The fourth-order valence-corrected chi connectivity index (χ4v) is 5.37. The Morgan fingerprint density at radius 1 is 1.19 bits per heavy atom. The lowest BCUT2D eigenvalue weighted by atomic mass is 9.87. The number of rotatable bonds is 12. The highest BCUT2D eigenvalue weighted by molar-refractivity contribution is 5.76. The monoisotopic (exact) mass is 525 g/mol. The summed E-state index contributed by atoms with van der Waals surface area (Å²) < 4.78 is 44.3. The molecule has 2 aliphatic rings. The number of methoxy groups -OCH3 is 1. The number of piperidine rings is 1. The van der Waals surface area contributed by atoms with E-state index in [1.54, 1.807) is 0 Å². The van der Waals surface area contributed by atoms with E-state index >= 15 is 0 Å². The van der Waals surface area contributed by atoms with Crippen LogP contribution in [-0.2, 0) is 19.0 Å². The zero-order valence-electron chi connectivity index (χ0n) is 22.0. The molecule has 3 rings (SSSR count). The van der Waals surface area contributed by atoms with Gasteiger partial charge in [-0.2, -0.15) is 0 Å². The molecule has 0 aliphatic carbocycles. The number of nitrogens with one attached hydrogen (secondary N) is 2. The Labute approximate surface area is 218 Å². The summed E-state index contributed by atoms with van der Waals surface area (Å²) in [5.74, 6) is -0.875. The van der Waals surface area contributed by atoms with Crippen molar-refractivity contribution >= 4 is 12.0 Å². The molecule has 0 radical (unpaired) electrons. The smallest absolute Gasteiger partial charge is 0.406 e. The second-order valence-corrected chi connectivity index (χ2v) is 10.00. The highest BCUT2D eigenvalue weighted by Gasteiger charge is 2.32. The predicted molar refractivity (Wildman–Crippen MR) is 135 cm³/mol. The van der Waals surface area contributed by atoms with Crippen LogP contribution in [0.1, 0.15) is 56.6 Å². The lowest BCUT2D eigenvalue weighted by molar-refractivity contribution is -0.134. The van der Waals surface area contributed by atoms with Crippen molar-refractivity contribution in [1.82, 2.24) is 15.5 Å². The number of ether oxygens (including phenoxy) is 3. The van der Waals surface area contributed by atoms with E-state index in [0.717, 1.165) is 57.8 Å². The Bertz CT molecular complexity index is 848. The largest absolute Gasteiger partial charge is 0.453 e. The normalized spacial score (nSPS) is 21.8. The summed E-state index contributed by atoms with van der Waals surface area (Å²) in [5.41, 5.74) is 0.389. The molecule has 2 amide bonds. The van der Waals surface area contributed by atoms with E-state index in [9.17, 15) is 18.4 Å². The van der Waals surface area contributed by atoms with Crippen molar-refractivity contribution in [3.63, 3.8) is 0 Å². The lowest BCUT2D eigenvalue weighted by Gasteiger charge is -2.37. The molecule has 2 N–H and O–H groups in total. The first-order chi connectivity index (χ1) is 17.9. The molecular formula is C27H41F2N3O5. The molecule has 0 aromatic heterocycles. The fraction of sp³-hybridized carbons (Fsp3) is 0.704. The summed E-state index contributed by atoms with van der Waals surface area (Å²) in [7, 11) is 3.20. The third-order valence-corrected chi connectivity index (χ3v) is 7.29. The van der Waals surface area contributed by atoms with E-state index in [2.05, 4.69) is 15.4 Å². The first-order valence-corrected chi connectivity index (χ1v) is 13.3. The Morgan fingerprint density at radius 3 is 2.65 bits per heavy atom. The standard InChI is InChI=1S/C27H41F2N3O5/c1-30-24(13-19-5-4-11-36-18-19)7-8-25(33)32-10-3-6-20(17-32)26(37-12-9-31-27(34)35-2)21-14-22(28)16-23(29)15-21/h14-16,19-20,24,26,30H,3-13,17-18H2,1-2H3,(H,31,34)/t19-,20-,24-,26-/m1/s1. The van der Waals surface area contributed by atoms with Crippen molar-refractivity contribution in [3.05, 3.63) is 35.4 Å². The van der Waals surface area contributed by atoms with Gasteiger partial charge in [0.1, 0.15) is 11.6 Å². The second kappa shape index (κ2) is 15.2. The van der Waals surface area contributed by atoms with Gasteiger partial charge in [0.2, 0.25) is 5.91 Å². The number of hydrogen-bond donors (Lipinski definition) is 2. The first kappa shape index (κ1) is 29.3. The predicted octanol–water partition coefficient (Wildman–Crippen LogP) is 3.80. The highest BCUT2D eigenvalue weighted by Crippen LogP contribution is 2.34. The van der Waals surface area contributed by atoms with E-state index in [0.29, 0.717) is 31.0 Å². The van der Waals surface area contributed by atoms with Crippen LogP contribution in [0.2, 0.25) is 0 Å². The van der Waals surface area contributed by atoms with Gasteiger partial charge in [0.05, 0.1) is 19.8 Å². The van der Waals surface area contributed by atoms with Crippen LogP contribution in [0.15, 0.2) is 18.2 Å². The molecule has 4 atom stereocenters. The molecule has 0 saturated carbocycles. The van der Waals surface area contributed by atoms with Crippen LogP contribution in [-0.4, -0.2) is 76.6 Å². The van der Waals surface area contributed by atoms with Gasteiger partial charge >= 0.3 is 6.09 Å². The summed E-state index contributed by atoms with van der Waals surface area (Å²) in [4.78, 5) is 26.3. The van der Waals surface area contributed by atoms with Crippen LogP contribution in [0.5, 0.6) is 0 Å². The van der Waals surface area contributed by atoms with Crippen LogP contribution < -0.4 is 10.6 Å². The molecule has 2 fully saturated rings. The molecule has 0 bridgehead atoms.